The predicted octanol–water partition coefficient (Wildman–Crippen LogP) is 3.69. The minimum absolute atomic E-state index is 0.0464. The predicted molar refractivity (Wildman–Crippen MR) is 122 cm³/mol. The van der Waals surface area contributed by atoms with Gasteiger partial charge >= 0.3 is 0 Å². The number of hydrogen-bond donors (Lipinski definition) is 1. The summed E-state index contributed by atoms with van der Waals surface area (Å²) in [7, 11) is 0. The number of aryl methyl sites for hydroxylation is 1. The SMILES string of the molecule is Cc1ccc(-c2cn3nc(N4CCC(C(=O)NCc5cccnc5)CC4)sc3n2)cc1. The van der Waals surface area contributed by atoms with Gasteiger partial charge in [-0.3, -0.25) is 9.78 Å². The number of nitrogens with one attached hydrogen (secondary N) is 1. The third-order valence-electron chi connectivity index (χ3n) is 5.71. The molecule has 1 saturated heterocycles. The molecule has 1 aliphatic rings. The smallest absolute Gasteiger partial charge is 0.223 e. The zero-order valence-electron chi connectivity index (χ0n) is 17.4. The highest BCUT2D eigenvalue weighted by Gasteiger charge is 2.26. The summed E-state index contributed by atoms with van der Waals surface area (Å²) in [6.45, 7) is 4.26. The lowest BCUT2D eigenvalue weighted by atomic mass is 9.96. The van der Waals surface area contributed by atoms with Crippen LogP contribution in [-0.2, 0) is 11.3 Å². The first-order valence-corrected chi connectivity index (χ1v) is 11.3. The third kappa shape index (κ3) is 4.29. The zero-order chi connectivity index (χ0) is 21.2. The van der Waals surface area contributed by atoms with Crippen molar-refractivity contribution in [2.75, 3.05) is 18.0 Å². The lowest BCUT2D eigenvalue weighted by molar-refractivity contribution is -0.125. The van der Waals surface area contributed by atoms with Crippen LogP contribution < -0.4 is 10.2 Å². The van der Waals surface area contributed by atoms with Crippen LogP contribution >= 0.6 is 11.3 Å². The number of rotatable bonds is 5. The Balaban J connectivity index is 1.19. The fourth-order valence-electron chi connectivity index (χ4n) is 3.85. The van der Waals surface area contributed by atoms with Crippen LogP contribution in [0.5, 0.6) is 0 Å². The maximum atomic E-state index is 12.5. The van der Waals surface area contributed by atoms with Gasteiger partial charge in [0.2, 0.25) is 16.0 Å². The Morgan fingerprint density at radius 1 is 1.19 bits per heavy atom. The van der Waals surface area contributed by atoms with Gasteiger partial charge in [0.05, 0.1) is 11.9 Å². The van der Waals surface area contributed by atoms with Gasteiger partial charge in [-0.25, -0.2) is 9.50 Å². The molecule has 31 heavy (non-hydrogen) atoms. The Morgan fingerprint density at radius 2 is 2.00 bits per heavy atom. The minimum Gasteiger partial charge on any atom is -0.352 e. The van der Waals surface area contributed by atoms with Crippen molar-refractivity contribution in [1.29, 1.82) is 0 Å². The molecule has 0 atom stereocenters. The van der Waals surface area contributed by atoms with Crippen molar-refractivity contribution in [3.8, 4) is 11.3 Å². The van der Waals surface area contributed by atoms with Crippen LogP contribution in [0.15, 0.2) is 55.0 Å². The molecule has 0 radical (unpaired) electrons. The van der Waals surface area contributed by atoms with Crippen LogP contribution in [0.3, 0.4) is 0 Å². The Bertz CT molecular complexity index is 1140. The Hall–Kier alpha value is -3.26. The summed E-state index contributed by atoms with van der Waals surface area (Å²) in [6.07, 6.45) is 7.16. The van der Waals surface area contributed by atoms with Crippen molar-refractivity contribution in [2.45, 2.75) is 26.3 Å². The normalized spacial score (nSPS) is 14.8. The van der Waals surface area contributed by atoms with Gasteiger partial charge in [-0.05, 0) is 31.4 Å². The molecule has 4 heterocycles. The van der Waals surface area contributed by atoms with Crippen molar-refractivity contribution in [3.63, 3.8) is 0 Å². The summed E-state index contributed by atoms with van der Waals surface area (Å²) in [6, 6.07) is 12.2. The molecule has 3 aromatic heterocycles. The number of carbonyl (C=O) groups is 1. The second kappa shape index (κ2) is 8.47. The lowest BCUT2D eigenvalue weighted by Crippen LogP contribution is -2.40. The molecule has 1 amide bonds. The summed E-state index contributed by atoms with van der Waals surface area (Å²) < 4.78 is 1.86. The van der Waals surface area contributed by atoms with Crippen LogP contribution in [0, 0.1) is 12.8 Å². The number of pyridine rings is 1. The standard InChI is InChI=1S/C23H24N6OS/c1-16-4-6-18(7-5-16)20-15-29-22(26-20)31-23(27-29)28-11-8-19(9-12-28)21(30)25-14-17-3-2-10-24-13-17/h2-7,10,13,15,19H,8-9,11-12,14H2,1H3,(H,25,30). The number of imidazole rings is 1. The fraction of sp³-hybridized carbons (Fsp3) is 0.304. The van der Waals surface area contributed by atoms with Gasteiger partial charge < -0.3 is 10.2 Å². The van der Waals surface area contributed by atoms with E-state index in [0.717, 1.165) is 52.8 Å². The molecule has 7 nitrogen and oxygen atoms in total. The van der Waals surface area contributed by atoms with E-state index in [1.807, 2.05) is 22.8 Å². The number of nitrogens with zero attached hydrogens (tertiary/aromatic N) is 5. The van der Waals surface area contributed by atoms with Gasteiger partial charge in [-0.15, -0.1) is 5.10 Å². The Kier molecular flexibility index (Phi) is 5.38. The lowest BCUT2D eigenvalue weighted by Gasteiger charge is -2.30. The number of amides is 1. The van der Waals surface area contributed by atoms with Gasteiger partial charge in [0, 0.05) is 43.5 Å². The molecule has 158 valence electrons. The second-order valence-electron chi connectivity index (χ2n) is 7.94. The third-order valence-corrected chi connectivity index (χ3v) is 6.69. The van der Waals surface area contributed by atoms with Crippen LogP contribution in [0.1, 0.15) is 24.0 Å². The minimum atomic E-state index is 0.0464. The van der Waals surface area contributed by atoms with Crippen LogP contribution in [0.4, 0.5) is 5.13 Å². The Labute approximate surface area is 184 Å². The van der Waals surface area contributed by atoms with E-state index in [9.17, 15) is 4.79 Å². The second-order valence-corrected chi connectivity index (χ2v) is 8.88. The highest BCUT2D eigenvalue weighted by Crippen LogP contribution is 2.29. The molecule has 0 bridgehead atoms. The van der Waals surface area contributed by atoms with E-state index in [0.29, 0.717) is 6.54 Å². The molecule has 1 aliphatic heterocycles. The maximum Gasteiger partial charge on any atom is 0.223 e. The molecule has 4 aromatic rings. The van der Waals surface area contributed by atoms with Crippen LogP contribution in [0.25, 0.3) is 16.2 Å². The van der Waals surface area contributed by atoms with E-state index in [2.05, 4.69) is 46.4 Å². The summed E-state index contributed by atoms with van der Waals surface area (Å²) in [5.74, 6) is 0.172. The molecule has 5 rings (SSSR count). The number of anilines is 1. The van der Waals surface area contributed by atoms with Crippen molar-refractivity contribution >= 4 is 27.3 Å². The van der Waals surface area contributed by atoms with E-state index in [-0.39, 0.29) is 11.8 Å². The van der Waals surface area contributed by atoms with Gasteiger partial charge in [-0.1, -0.05) is 47.2 Å². The largest absolute Gasteiger partial charge is 0.352 e. The number of hydrogen-bond acceptors (Lipinski definition) is 6. The number of fused-ring (bicyclic) bond motifs is 1. The van der Waals surface area contributed by atoms with Crippen molar-refractivity contribution in [1.82, 2.24) is 24.9 Å². The van der Waals surface area contributed by atoms with E-state index in [1.54, 1.807) is 23.7 Å². The average Bonchev–Trinajstić information content (AvgIpc) is 3.38. The van der Waals surface area contributed by atoms with Crippen LogP contribution in [0.2, 0.25) is 0 Å². The summed E-state index contributed by atoms with van der Waals surface area (Å²) in [4.78, 5) is 24.5. The monoisotopic (exact) mass is 432 g/mol. The first-order valence-electron chi connectivity index (χ1n) is 10.5. The van der Waals surface area contributed by atoms with Gasteiger partial charge in [-0.2, -0.15) is 0 Å². The molecule has 1 fully saturated rings. The van der Waals surface area contributed by atoms with E-state index >= 15 is 0 Å². The first kappa shape index (κ1) is 19.7. The molecule has 0 aliphatic carbocycles. The topological polar surface area (TPSA) is 75.4 Å². The van der Waals surface area contributed by atoms with Crippen molar-refractivity contribution < 1.29 is 4.79 Å². The highest BCUT2D eigenvalue weighted by molar-refractivity contribution is 7.20. The zero-order valence-corrected chi connectivity index (χ0v) is 18.2. The molecule has 1 N–H and O–H groups in total. The van der Waals surface area contributed by atoms with Gasteiger partial charge in [0.15, 0.2) is 0 Å². The highest BCUT2D eigenvalue weighted by atomic mass is 32.1. The molecule has 1 aromatic carbocycles. The quantitative estimate of drug-likeness (QED) is 0.521. The van der Waals surface area contributed by atoms with E-state index in [1.165, 1.54) is 5.56 Å². The summed E-state index contributed by atoms with van der Waals surface area (Å²) in [5.41, 5.74) is 4.29. The van der Waals surface area contributed by atoms with Crippen molar-refractivity contribution in [2.24, 2.45) is 5.92 Å². The van der Waals surface area contributed by atoms with E-state index < -0.39 is 0 Å². The molecule has 8 heteroatoms. The molecular formula is C23H24N6OS. The molecular weight excluding hydrogens is 408 g/mol. The maximum absolute atomic E-state index is 12.5. The van der Waals surface area contributed by atoms with E-state index in [4.69, 9.17) is 10.1 Å². The van der Waals surface area contributed by atoms with Crippen LogP contribution in [-0.4, -0.2) is 38.6 Å². The molecule has 0 unspecified atom stereocenters. The number of aromatic nitrogens is 4. The number of carbonyl (C=O) groups excluding carboxylic acids is 1. The molecule has 0 spiro atoms. The summed E-state index contributed by atoms with van der Waals surface area (Å²) in [5, 5.41) is 8.74. The summed E-state index contributed by atoms with van der Waals surface area (Å²) >= 11 is 1.60. The molecule has 0 saturated carbocycles. The first-order chi connectivity index (χ1) is 15.2. The van der Waals surface area contributed by atoms with Gasteiger partial charge in [0.1, 0.15) is 0 Å². The van der Waals surface area contributed by atoms with Crippen molar-refractivity contribution in [3.05, 3.63) is 66.1 Å². The number of benzene rings is 1. The van der Waals surface area contributed by atoms with Gasteiger partial charge in [0.25, 0.3) is 0 Å². The number of piperidine rings is 1. The Morgan fingerprint density at radius 3 is 2.71 bits per heavy atom. The average molecular weight is 433 g/mol. The fourth-order valence-corrected chi connectivity index (χ4v) is 4.78.